The fourth-order valence-electron chi connectivity index (χ4n) is 1.47. The molecule has 0 fully saturated rings. The molecule has 0 heterocycles. The minimum absolute atomic E-state index is 0.177. The Labute approximate surface area is 112 Å². The Morgan fingerprint density at radius 2 is 1.89 bits per heavy atom. The van der Waals surface area contributed by atoms with E-state index in [1.165, 1.54) is 20.2 Å². The van der Waals surface area contributed by atoms with Crippen molar-refractivity contribution in [3.8, 4) is 0 Å². The normalized spacial score (nSPS) is 11.5. The van der Waals surface area contributed by atoms with Gasteiger partial charge in [-0.1, -0.05) is 12.1 Å². The monoisotopic (exact) mass is 287 g/mol. The van der Waals surface area contributed by atoms with Crippen LogP contribution in [-0.4, -0.2) is 44.4 Å². The lowest BCUT2D eigenvalue weighted by molar-refractivity contribution is -0.136. The molecular weight excluding hydrogens is 270 g/mol. The highest BCUT2D eigenvalue weighted by Gasteiger charge is 2.26. The fraction of sp³-hybridized carbons (Fsp3) is 0.364. The van der Waals surface area contributed by atoms with E-state index in [0.717, 1.165) is 8.61 Å². The summed E-state index contributed by atoms with van der Waals surface area (Å²) >= 11 is 0. The van der Waals surface area contributed by atoms with Gasteiger partial charge in [-0.2, -0.15) is 12.7 Å². The molecule has 0 unspecified atom stereocenters. The number of nitrogens with zero attached hydrogens (tertiary/aromatic N) is 2. The number of carboxylic acids is 1. The minimum atomic E-state index is -3.79. The van der Waals surface area contributed by atoms with Crippen LogP contribution in [0.5, 0.6) is 0 Å². The molecule has 19 heavy (non-hydrogen) atoms. The quantitative estimate of drug-likeness (QED) is 0.735. The molecule has 1 rings (SSSR count). The van der Waals surface area contributed by atoms with Crippen LogP contribution < -0.4 is 10.0 Å². The summed E-state index contributed by atoms with van der Waals surface area (Å²) < 4.78 is 26.4. The highest BCUT2D eigenvalue weighted by molar-refractivity contribution is 7.90. The van der Waals surface area contributed by atoms with Crippen LogP contribution in [0.25, 0.3) is 0 Å². The van der Waals surface area contributed by atoms with Crippen LogP contribution in [0.15, 0.2) is 24.3 Å². The first-order chi connectivity index (χ1) is 8.76. The van der Waals surface area contributed by atoms with E-state index in [1.807, 2.05) is 0 Å². The van der Waals surface area contributed by atoms with E-state index >= 15 is 0 Å². The predicted molar refractivity (Wildman–Crippen MR) is 73.1 cm³/mol. The fourth-order valence-corrected chi connectivity index (χ4v) is 2.60. The summed E-state index contributed by atoms with van der Waals surface area (Å²) in [5.74, 6) is -1.08. The van der Waals surface area contributed by atoms with Crippen LogP contribution in [0.3, 0.4) is 0 Å². The largest absolute Gasteiger partial charge is 0.481 e. The van der Waals surface area contributed by atoms with Gasteiger partial charge >= 0.3 is 16.2 Å². The number of hydrogen-bond acceptors (Lipinski definition) is 4. The standard InChI is InChI=1S/C11H17N3O4S/c1-13(2)19(17,18)14(8-7-11(15)16)10-6-4-3-5-9(10)12/h3-6H,7-8,12H2,1-2H3,(H,15,16). The molecule has 1 aromatic rings. The van der Waals surface area contributed by atoms with Gasteiger partial charge in [0.05, 0.1) is 17.8 Å². The number of benzene rings is 1. The van der Waals surface area contributed by atoms with E-state index in [0.29, 0.717) is 0 Å². The molecule has 0 saturated heterocycles. The molecule has 0 aliphatic heterocycles. The average Bonchev–Trinajstić information content (AvgIpc) is 2.30. The molecule has 0 aromatic heterocycles. The lowest BCUT2D eigenvalue weighted by Crippen LogP contribution is -2.41. The van der Waals surface area contributed by atoms with Crippen LogP contribution in [0.1, 0.15) is 6.42 Å². The number of aliphatic carboxylic acids is 1. The van der Waals surface area contributed by atoms with Crippen molar-refractivity contribution >= 4 is 27.6 Å². The van der Waals surface area contributed by atoms with Crippen molar-refractivity contribution in [2.45, 2.75) is 6.42 Å². The van der Waals surface area contributed by atoms with E-state index in [2.05, 4.69) is 0 Å². The average molecular weight is 287 g/mol. The summed E-state index contributed by atoms with van der Waals surface area (Å²) in [6.07, 6.45) is -0.304. The summed E-state index contributed by atoms with van der Waals surface area (Å²) in [6, 6.07) is 6.42. The summed E-state index contributed by atoms with van der Waals surface area (Å²) in [6.45, 7) is -0.177. The zero-order chi connectivity index (χ0) is 14.6. The van der Waals surface area contributed by atoms with Crippen molar-refractivity contribution in [2.75, 3.05) is 30.7 Å². The Kier molecular flexibility index (Phi) is 4.73. The molecule has 1 aromatic carbocycles. The number of rotatable bonds is 6. The maximum atomic E-state index is 12.2. The van der Waals surface area contributed by atoms with Crippen molar-refractivity contribution < 1.29 is 18.3 Å². The third kappa shape index (κ3) is 3.58. The molecule has 0 saturated carbocycles. The van der Waals surface area contributed by atoms with Crippen LogP contribution in [0, 0.1) is 0 Å². The first-order valence-electron chi connectivity index (χ1n) is 5.53. The number of carboxylic acid groups (broad SMARTS) is 1. The van der Waals surface area contributed by atoms with Gasteiger partial charge in [0.15, 0.2) is 0 Å². The highest BCUT2D eigenvalue weighted by atomic mass is 32.2. The number of para-hydroxylation sites is 2. The van der Waals surface area contributed by atoms with Crippen molar-refractivity contribution in [1.82, 2.24) is 4.31 Å². The molecule has 7 nitrogen and oxygen atoms in total. The van der Waals surface area contributed by atoms with E-state index in [4.69, 9.17) is 10.8 Å². The van der Waals surface area contributed by atoms with Gasteiger partial charge in [0.25, 0.3) is 0 Å². The maximum Gasteiger partial charge on any atom is 0.305 e. The minimum Gasteiger partial charge on any atom is -0.481 e. The number of nitrogen functional groups attached to an aromatic ring is 1. The van der Waals surface area contributed by atoms with Crippen molar-refractivity contribution in [3.05, 3.63) is 24.3 Å². The molecule has 0 atom stereocenters. The third-order valence-corrected chi connectivity index (χ3v) is 4.33. The second-order valence-electron chi connectivity index (χ2n) is 4.06. The van der Waals surface area contributed by atoms with Crippen molar-refractivity contribution in [2.24, 2.45) is 0 Å². The topological polar surface area (TPSA) is 104 Å². The van der Waals surface area contributed by atoms with Gasteiger partial charge in [-0.05, 0) is 12.1 Å². The molecular formula is C11H17N3O4S. The van der Waals surface area contributed by atoms with Crippen molar-refractivity contribution in [1.29, 1.82) is 0 Å². The summed E-state index contributed by atoms with van der Waals surface area (Å²) in [7, 11) is -1.03. The SMILES string of the molecule is CN(C)S(=O)(=O)N(CCC(=O)O)c1ccccc1N. The molecule has 0 spiro atoms. The number of carbonyl (C=O) groups is 1. The molecule has 0 radical (unpaired) electrons. The Morgan fingerprint density at radius 3 is 2.37 bits per heavy atom. The number of anilines is 2. The molecule has 8 heteroatoms. The molecule has 106 valence electrons. The molecule has 0 aliphatic carbocycles. The van der Waals surface area contributed by atoms with Gasteiger partial charge in [-0.25, -0.2) is 0 Å². The first-order valence-corrected chi connectivity index (χ1v) is 6.93. The number of hydrogen-bond donors (Lipinski definition) is 2. The lowest BCUT2D eigenvalue weighted by atomic mass is 10.2. The lowest BCUT2D eigenvalue weighted by Gasteiger charge is -2.27. The molecule has 0 amide bonds. The van der Waals surface area contributed by atoms with Crippen LogP contribution in [0.2, 0.25) is 0 Å². The number of nitrogens with two attached hydrogens (primary N) is 1. The van der Waals surface area contributed by atoms with Gasteiger partial charge in [-0.15, -0.1) is 0 Å². The second-order valence-corrected chi connectivity index (χ2v) is 6.13. The van der Waals surface area contributed by atoms with Crippen LogP contribution in [0.4, 0.5) is 11.4 Å². The van der Waals surface area contributed by atoms with E-state index in [-0.39, 0.29) is 24.3 Å². The molecule has 0 bridgehead atoms. The Morgan fingerprint density at radius 1 is 1.32 bits per heavy atom. The zero-order valence-corrected chi connectivity index (χ0v) is 11.6. The maximum absolute atomic E-state index is 12.2. The van der Waals surface area contributed by atoms with Gasteiger partial charge in [0.2, 0.25) is 0 Å². The predicted octanol–water partition coefficient (Wildman–Crippen LogP) is 0.356. The Bertz CT molecular complexity index is 557. The summed E-state index contributed by atoms with van der Waals surface area (Å²) in [5.41, 5.74) is 6.30. The highest BCUT2D eigenvalue weighted by Crippen LogP contribution is 2.26. The second kappa shape index (κ2) is 5.89. The molecule has 3 N–H and O–H groups in total. The third-order valence-electron chi connectivity index (χ3n) is 2.47. The Balaban J connectivity index is 3.21. The van der Waals surface area contributed by atoms with Gasteiger partial charge in [0, 0.05) is 20.6 Å². The zero-order valence-electron chi connectivity index (χ0n) is 10.8. The van der Waals surface area contributed by atoms with Crippen LogP contribution in [-0.2, 0) is 15.0 Å². The van der Waals surface area contributed by atoms with E-state index in [1.54, 1.807) is 18.2 Å². The smallest absolute Gasteiger partial charge is 0.305 e. The summed E-state index contributed by atoms with van der Waals surface area (Å²) in [4.78, 5) is 10.7. The summed E-state index contributed by atoms with van der Waals surface area (Å²) in [5, 5.41) is 8.72. The Hall–Kier alpha value is -1.80. The van der Waals surface area contributed by atoms with Gasteiger partial charge in [-0.3, -0.25) is 9.10 Å². The van der Waals surface area contributed by atoms with Gasteiger partial charge in [0.1, 0.15) is 0 Å². The van der Waals surface area contributed by atoms with Gasteiger partial charge < -0.3 is 10.8 Å². The van der Waals surface area contributed by atoms with Crippen LogP contribution >= 0.6 is 0 Å². The molecule has 0 aliphatic rings. The van der Waals surface area contributed by atoms with E-state index in [9.17, 15) is 13.2 Å². The first kappa shape index (κ1) is 15.3. The van der Waals surface area contributed by atoms with E-state index < -0.39 is 16.2 Å². The van der Waals surface area contributed by atoms with Crippen molar-refractivity contribution in [3.63, 3.8) is 0 Å².